The lowest BCUT2D eigenvalue weighted by Crippen LogP contribution is -2.48. The monoisotopic (exact) mass is 285 g/mol. The third kappa shape index (κ3) is 3.11. The number of fused-ring (bicyclic) bond motifs is 1. The second-order valence-electron chi connectivity index (χ2n) is 5.31. The summed E-state index contributed by atoms with van der Waals surface area (Å²) in [6.45, 7) is 1.32. The van der Waals surface area contributed by atoms with Crippen molar-refractivity contribution < 1.29 is 4.79 Å². The zero-order chi connectivity index (χ0) is 14.7. The number of benzene rings is 1. The standard InChI is InChI=1S/C15H19N5O/c1-20-10-18-19-14(20)6-7-16-15(21)13-8-11-4-2-3-5-12(11)9-17-13/h2-5,10,13,17H,6-9H2,1H3,(H,16,21)/t13-/m0/s1. The van der Waals surface area contributed by atoms with E-state index < -0.39 is 0 Å². The van der Waals surface area contributed by atoms with Crippen LogP contribution in [-0.4, -0.2) is 33.3 Å². The van der Waals surface area contributed by atoms with Gasteiger partial charge in [-0.1, -0.05) is 24.3 Å². The van der Waals surface area contributed by atoms with E-state index in [9.17, 15) is 4.79 Å². The Bertz CT molecular complexity index is 636. The first-order chi connectivity index (χ1) is 10.2. The summed E-state index contributed by atoms with van der Waals surface area (Å²) in [7, 11) is 1.90. The van der Waals surface area contributed by atoms with E-state index in [0.29, 0.717) is 13.0 Å². The van der Waals surface area contributed by atoms with Crippen molar-refractivity contribution in [2.45, 2.75) is 25.4 Å². The van der Waals surface area contributed by atoms with Crippen LogP contribution in [0.3, 0.4) is 0 Å². The van der Waals surface area contributed by atoms with Gasteiger partial charge in [0.25, 0.3) is 0 Å². The van der Waals surface area contributed by atoms with Crippen LogP contribution in [0.2, 0.25) is 0 Å². The summed E-state index contributed by atoms with van der Waals surface area (Å²) in [5, 5.41) is 14.1. The number of nitrogens with one attached hydrogen (secondary N) is 2. The molecule has 0 fully saturated rings. The zero-order valence-corrected chi connectivity index (χ0v) is 12.0. The summed E-state index contributed by atoms with van der Waals surface area (Å²) >= 11 is 0. The molecule has 2 heterocycles. The number of carbonyl (C=O) groups is 1. The van der Waals surface area contributed by atoms with Crippen LogP contribution in [0.15, 0.2) is 30.6 Å². The molecule has 0 unspecified atom stereocenters. The fourth-order valence-electron chi connectivity index (χ4n) is 2.59. The molecule has 2 aromatic rings. The average Bonchev–Trinajstić information content (AvgIpc) is 2.92. The number of hydrogen-bond acceptors (Lipinski definition) is 4. The van der Waals surface area contributed by atoms with Gasteiger partial charge in [0.05, 0.1) is 6.04 Å². The number of rotatable bonds is 4. The summed E-state index contributed by atoms with van der Waals surface area (Å²) in [4.78, 5) is 12.2. The molecule has 1 aliphatic heterocycles. The molecule has 0 bridgehead atoms. The van der Waals surface area contributed by atoms with Crippen LogP contribution in [0.4, 0.5) is 0 Å². The Hall–Kier alpha value is -2.21. The normalized spacial score (nSPS) is 17.3. The van der Waals surface area contributed by atoms with Crippen molar-refractivity contribution in [2.75, 3.05) is 6.54 Å². The van der Waals surface area contributed by atoms with E-state index in [0.717, 1.165) is 18.8 Å². The highest BCUT2D eigenvalue weighted by Gasteiger charge is 2.23. The third-order valence-corrected chi connectivity index (χ3v) is 3.85. The van der Waals surface area contributed by atoms with Crippen molar-refractivity contribution in [3.63, 3.8) is 0 Å². The van der Waals surface area contributed by atoms with Crippen molar-refractivity contribution in [1.29, 1.82) is 0 Å². The van der Waals surface area contributed by atoms with Crippen LogP contribution in [-0.2, 0) is 31.2 Å². The number of carbonyl (C=O) groups excluding carboxylic acids is 1. The van der Waals surface area contributed by atoms with Crippen molar-refractivity contribution in [3.8, 4) is 0 Å². The van der Waals surface area contributed by atoms with E-state index in [1.165, 1.54) is 11.1 Å². The third-order valence-electron chi connectivity index (χ3n) is 3.85. The minimum atomic E-state index is -0.153. The van der Waals surface area contributed by atoms with Crippen LogP contribution in [0.5, 0.6) is 0 Å². The summed E-state index contributed by atoms with van der Waals surface area (Å²) < 4.78 is 1.86. The zero-order valence-electron chi connectivity index (χ0n) is 12.0. The maximum absolute atomic E-state index is 12.2. The highest BCUT2D eigenvalue weighted by molar-refractivity contribution is 5.82. The van der Waals surface area contributed by atoms with Gasteiger partial charge in [-0.05, 0) is 17.5 Å². The SMILES string of the molecule is Cn1cnnc1CCNC(=O)[C@@H]1Cc2ccccc2CN1. The first-order valence-electron chi connectivity index (χ1n) is 7.15. The van der Waals surface area contributed by atoms with Gasteiger partial charge in [0, 0.05) is 26.6 Å². The van der Waals surface area contributed by atoms with E-state index in [2.05, 4.69) is 33.0 Å². The average molecular weight is 285 g/mol. The number of hydrogen-bond donors (Lipinski definition) is 2. The smallest absolute Gasteiger partial charge is 0.237 e. The van der Waals surface area contributed by atoms with Crippen LogP contribution >= 0.6 is 0 Å². The number of nitrogens with zero attached hydrogens (tertiary/aromatic N) is 3. The minimum Gasteiger partial charge on any atom is -0.354 e. The molecule has 21 heavy (non-hydrogen) atoms. The van der Waals surface area contributed by atoms with E-state index in [1.54, 1.807) is 6.33 Å². The Balaban J connectivity index is 1.52. The van der Waals surface area contributed by atoms with Crippen molar-refractivity contribution >= 4 is 5.91 Å². The van der Waals surface area contributed by atoms with Gasteiger partial charge in [-0.3, -0.25) is 4.79 Å². The predicted molar refractivity (Wildman–Crippen MR) is 78.5 cm³/mol. The van der Waals surface area contributed by atoms with Gasteiger partial charge in [0.15, 0.2) is 0 Å². The molecule has 6 nitrogen and oxygen atoms in total. The molecule has 0 saturated heterocycles. The fraction of sp³-hybridized carbons (Fsp3) is 0.400. The molecular weight excluding hydrogens is 266 g/mol. The molecule has 1 aromatic carbocycles. The summed E-state index contributed by atoms with van der Waals surface area (Å²) in [6.07, 6.45) is 3.09. The van der Waals surface area contributed by atoms with Gasteiger partial charge in [-0.25, -0.2) is 0 Å². The largest absolute Gasteiger partial charge is 0.354 e. The first-order valence-corrected chi connectivity index (χ1v) is 7.15. The van der Waals surface area contributed by atoms with Gasteiger partial charge in [-0.2, -0.15) is 0 Å². The Morgan fingerprint density at radius 2 is 2.24 bits per heavy atom. The highest BCUT2D eigenvalue weighted by Crippen LogP contribution is 2.16. The second kappa shape index (κ2) is 6.05. The molecule has 1 atom stereocenters. The minimum absolute atomic E-state index is 0.0478. The van der Waals surface area contributed by atoms with Gasteiger partial charge in [0.2, 0.25) is 5.91 Å². The molecule has 0 radical (unpaired) electrons. The van der Waals surface area contributed by atoms with E-state index in [1.807, 2.05) is 23.7 Å². The Morgan fingerprint density at radius 1 is 1.43 bits per heavy atom. The highest BCUT2D eigenvalue weighted by atomic mass is 16.2. The summed E-state index contributed by atoms with van der Waals surface area (Å²) in [6, 6.07) is 8.09. The molecule has 2 N–H and O–H groups in total. The molecule has 3 rings (SSSR count). The van der Waals surface area contributed by atoms with Crippen LogP contribution < -0.4 is 10.6 Å². The number of amides is 1. The molecule has 1 aromatic heterocycles. The second-order valence-corrected chi connectivity index (χ2v) is 5.31. The lowest BCUT2D eigenvalue weighted by Gasteiger charge is -2.25. The Morgan fingerprint density at radius 3 is 3.00 bits per heavy atom. The van der Waals surface area contributed by atoms with E-state index in [-0.39, 0.29) is 11.9 Å². The molecule has 0 aliphatic carbocycles. The number of aryl methyl sites for hydroxylation is 1. The molecule has 1 aliphatic rings. The van der Waals surface area contributed by atoms with Gasteiger partial charge < -0.3 is 15.2 Å². The lowest BCUT2D eigenvalue weighted by molar-refractivity contribution is -0.123. The molecule has 110 valence electrons. The maximum Gasteiger partial charge on any atom is 0.237 e. The topological polar surface area (TPSA) is 71.8 Å². The van der Waals surface area contributed by atoms with Gasteiger partial charge in [0.1, 0.15) is 12.2 Å². The lowest BCUT2D eigenvalue weighted by atomic mass is 9.95. The molecule has 1 amide bonds. The fourth-order valence-corrected chi connectivity index (χ4v) is 2.59. The maximum atomic E-state index is 12.2. The predicted octanol–water partition coefficient (Wildman–Crippen LogP) is 0.188. The van der Waals surface area contributed by atoms with E-state index >= 15 is 0 Å². The molecule has 0 spiro atoms. The van der Waals surface area contributed by atoms with E-state index in [4.69, 9.17) is 0 Å². The first kappa shape index (κ1) is 13.8. The van der Waals surface area contributed by atoms with Crippen molar-refractivity contribution in [2.24, 2.45) is 7.05 Å². The Labute approximate surface area is 123 Å². The number of aromatic nitrogens is 3. The van der Waals surface area contributed by atoms with Gasteiger partial charge in [-0.15, -0.1) is 10.2 Å². The quantitative estimate of drug-likeness (QED) is 0.841. The van der Waals surface area contributed by atoms with Crippen LogP contribution in [0.25, 0.3) is 0 Å². The molecular formula is C15H19N5O. The van der Waals surface area contributed by atoms with Crippen molar-refractivity contribution in [3.05, 3.63) is 47.5 Å². The summed E-state index contributed by atoms with van der Waals surface area (Å²) in [5.41, 5.74) is 2.53. The van der Waals surface area contributed by atoms with Crippen molar-refractivity contribution in [1.82, 2.24) is 25.4 Å². The summed E-state index contributed by atoms with van der Waals surface area (Å²) in [5.74, 6) is 0.920. The van der Waals surface area contributed by atoms with Crippen LogP contribution in [0.1, 0.15) is 17.0 Å². The van der Waals surface area contributed by atoms with Crippen LogP contribution in [0, 0.1) is 0 Å². The van der Waals surface area contributed by atoms with Gasteiger partial charge >= 0.3 is 0 Å². The Kier molecular flexibility index (Phi) is 3.96. The molecule has 0 saturated carbocycles. The molecule has 6 heteroatoms.